The summed E-state index contributed by atoms with van der Waals surface area (Å²) in [6.45, 7) is 0.727. The van der Waals surface area contributed by atoms with E-state index in [4.69, 9.17) is 0 Å². The van der Waals surface area contributed by atoms with E-state index < -0.39 is 0 Å². The number of piperidine rings is 1. The van der Waals surface area contributed by atoms with E-state index in [1.165, 1.54) is 18.4 Å². The van der Waals surface area contributed by atoms with Gasteiger partial charge in [0, 0.05) is 6.54 Å². The van der Waals surface area contributed by atoms with Crippen LogP contribution in [0.2, 0.25) is 0 Å². The van der Waals surface area contributed by atoms with Gasteiger partial charge in [-0.15, -0.1) is 0 Å². The quantitative estimate of drug-likeness (QED) is 0.893. The van der Waals surface area contributed by atoms with Crippen LogP contribution < -0.4 is 10.6 Å². The molecular formula is C20H26N2O2. The van der Waals surface area contributed by atoms with Gasteiger partial charge in [-0.2, -0.15) is 0 Å². The number of hydrogen-bond acceptors (Lipinski definition) is 2. The van der Waals surface area contributed by atoms with Crippen molar-refractivity contribution < 1.29 is 9.59 Å². The Labute approximate surface area is 143 Å². The highest BCUT2D eigenvalue weighted by Gasteiger charge is 2.55. The standard InChI is InChI=1S/C20H26N2O2/c23-18-17(7-4-10-21-18)22-19(24)20(12-14-5-2-1-3-6-14)13-15-8-9-16(20)11-15/h1-3,5-6,15-17H,4,7-13H2,(H,21,23)(H,22,24)/t15-,16-,17+,20-/m0/s1. The van der Waals surface area contributed by atoms with E-state index in [0.717, 1.165) is 38.6 Å². The molecule has 4 rings (SSSR count). The molecule has 1 aromatic carbocycles. The number of amides is 2. The lowest BCUT2D eigenvalue weighted by Gasteiger charge is -2.38. The van der Waals surface area contributed by atoms with Crippen molar-refractivity contribution in [3.63, 3.8) is 0 Å². The highest BCUT2D eigenvalue weighted by molar-refractivity contribution is 5.91. The minimum atomic E-state index is -0.349. The molecule has 1 aliphatic heterocycles. The third-order valence-electron chi connectivity index (χ3n) is 6.38. The van der Waals surface area contributed by atoms with Crippen molar-refractivity contribution in [3.8, 4) is 0 Å². The predicted molar refractivity (Wildman–Crippen MR) is 92.2 cm³/mol. The molecule has 24 heavy (non-hydrogen) atoms. The van der Waals surface area contributed by atoms with Crippen LogP contribution in [0.4, 0.5) is 0 Å². The van der Waals surface area contributed by atoms with Gasteiger partial charge in [0.2, 0.25) is 11.8 Å². The highest BCUT2D eigenvalue weighted by atomic mass is 16.2. The van der Waals surface area contributed by atoms with Gasteiger partial charge in [-0.3, -0.25) is 9.59 Å². The molecule has 2 N–H and O–H groups in total. The Bertz CT molecular complexity index is 630. The largest absolute Gasteiger partial charge is 0.354 e. The summed E-state index contributed by atoms with van der Waals surface area (Å²) in [4.78, 5) is 25.3. The van der Waals surface area contributed by atoms with Gasteiger partial charge in [0.15, 0.2) is 0 Å². The summed E-state index contributed by atoms with van der Waals surface area (Å²) in [7, 11) is 0. The Balaban J connectivity index is 1.56. The van der Waals surface area contributed by atoms with Crippen LogP contribution in [0, 0.1) is 17.3 Å². The first-order valence-electron chi connectivity index (χ1n) is 9.30. The molecule has 1 heterocycles. The van der Waals surface area contributed by atoms with Gasteiger partial charge < -0.3 is 10.6 Å². The summed E-state index contributed by atoms with van der Waals surface area (Å²) in [5.41, 5.74) is 0.912. The summed E-state index contributed by atoms with van der Waals surface area (Å²) in [6.07, 6.45) is 7.07. The maximum absolute atomic E-state index is 13.3. The SMILES string of the molecule is O=C1NCCC[C@H]1NC(=O)[C@@]1(Cc2ccccc2)C[C@H]2CC[C@H]1C2. The molecule has 4 atom stereocenters. The van der Waals surface area contributed by atoms with Crippen molar-refractivity contribution in [1.82, 2.24) is 10.6 Å². The van der Waals surface area contributed by atoms with Gasteiger partial charge in [-0.05, 0) is 55.9 Å². The van der Waals surface area contributed by atoms with Crippen molar-refractivity contribution >= 4 is 11.8 Å². The van der Waals surface area contributed by atoms with Crippen LogP contribution in [0.25, 0.3) is 0 Å². The zero-order valence-corrected chi connectivity index (χ0v) is 14.1. The summed E-state index contributed by atoms with van der Waals surface area (Å²) < 4.78 is 0. The molecule has 2 saturated carbocycles. The van der Waals surface area contributed by atoms with Crippen LogP contribution in [0.5, 0.6) is 0 Å². The lowest BCUT2D eigenvalue weighted by Crippen LogP contribution is -2.55. The molecule has 4 heteroatoms. The van der Waals surface area contributed by atoms with Crippen LogP contribution >= 0.6 is 0 Å². The van der Waals surface area contributed by atoms with Gasteiger partial charge >= 0.3 is 0 Å². The molecule has 128 valence electrons. The average Bonchev–Trinajstić information content (AvgIpc) is 3.19. The first-order chi connectivity index (χ1) is 11.7. The van der Waals surface area contributed by atoms with Gasteiger partial charge in [-0.25, -0.2) is 0 Å². The topological polar surface area (TPSA) is 58.2 Å². The van der Waals surface area contributed by atoms with Gasteiger partial charge in [0.05, 0.1) is 5.41 Å². The molecular weight excluding hydrogens is 300 g/mol. The fraction of sp³-hybridized carbons (Fsp3) is 0.600. The molecule has 2 bridgehead atoms. The molecule has 2 aliphatic carbocycles. The Morgan fingerprint density at radius 3 is 2.71 bits per heavy atom. The average molecular weight is 326 g/mol. The number of rotatable bonds is 4. The van der Waals surface area contributed by atoms with Crippen molar-refractivity contribution in [3.05, 3.63) is 35.9 Å². The zero-order valence-electron chi connectivity index (χ0n) is 14.1. The van der Waals surface area contributed by atoms with Gasteiger partial charge in [0.25, 0.3) is 0 Å². The molecule has 2 amide bonds. The summed E-state index contributed by atoms with van der Waals surface area (Å²) in [5.74, 6) is 1.24. The van der Waals surface area contributed by atoms with E-state index in [1.54, 1.807) is 0 Å². The number of benzene rings is 1. The Morgan fingerprint density at radius 2 is 2.04 bits per heavy atom. The molecule has 1 aromatic rings. The number of carbonyl (C=O) groups is 2. The molecule has 0 unspecified atom stereocenters. The van der Waals surface area contributed by atoms with Crippen LogP contribution in [0.15, 0.2) is 30.3 Å². The van der Waals surface area contributed by atoms with Crippen LogP contribution in [-0.2, 0) is 16.0 Å². The molecule has 0 spiro atoms. The van der Waals surface area contributed by atoms with Crippen molar-refractivity contribution in [2.24, 2.45) is 17.3 Å². The minimum absolute atomic E-state index is 0.0207. The van der Waals surface area contributed by atoms with E-state index in [2.05, 4.69) is 22.8 Å². The first kappa shape index (κ1) is 15.7. The normalized spacial score (nSPS) is 34.8. The fourth-order valence-electron chi connectivity index (χ4n) is 5.19. The molecule has 3 fully saturated rings. The van der Waals surface area contributed by atoms with Gasteiger partial charge in [0.1, 0.15) is 6.04 Å². The Morgan fingerprint density at radius 1 is 1.21 bits per heavy atom. The van der Waals surface area contributed by atoms with Crippen molar-refractivity contribution in [2.45, 2.75) is 51.0 Å². The van der Waals surface area contributed by atoms with Crippen LogP contribution in [0.3, 0.4) is 0 Å². The Hall–Kier alpha value is -1.84. The number of fused-ring (bicyclic) bond motifs is 2. The molecule has 0 aromatic heterocycles. The lowest BCUT2D eigenvalue weighted by atomic mass is 9.68. The lowest BCUT2D eigenvalue weighted by molar-refractivity contribution is -0.138. The third kappa shape index (κ3) is 2.72. The summed E-state index contributed by atoms with van der Waals surface area (Å²) >= 11 is 0. The predicted octanol–water partition coefficient (Wildman–Crippen LogP) is 2.43. The molecule has 0 radical (unpaired) electrons. The fourth-order valence-corrected chi connectivity index (χ4v) is 5.19. The second-order valence-corrected chi connectivity index (χ2v) is 7.86. The van der Waals surface area contributed by atoms with Gasteiger partial charge in [-0.1, -0.05) is 36.8 Å². The minimum Gasteiger partial charge on any atom is -0.354 e. The maximum Gasteiger partial charge on any atom is 0.242 e. The van der Waals surface area contributed by atoms with E-state index >= 15 is 0 Å². The molecule has 1 saturated heterocycles. The van der Waals surface area contributed by atoms with Crippen LogP contribution in [0.1, 0.15) is 44.1 Å². The number of carbonyl (C=O) groups excluding carboxylic acids is 2. The first-order valence-corrected chi connectivity index (χ1v) is 9.30. The maximum atomic E-state index is 13.3. The van der Waals surface area contributed by atoms with Crippen molar-refractivity contribution in [2.75, 3.05) is 6.54 Å². The van der Waals surface area contributed by atoms with E-state index in [-0.39, 0.29) is 23.3 Å². The number of nitrogens with one attached hydrogen (secondary N) is 2. The molecule has 3 aliphatic rings. The summed E-state index contributed by atoms with van der Waals surface area (Å²) in [5, 5.41) is 5.98. The second-order valence-electron chi connectivity index (χ2n) is 7.86. The Kier molecular flexibility index (Phi) is 4.07. The second kappa shape index (κ2) is 6.23. The third-order valence-corrected chi connectivity index (χ3v) is 6.38. The monoisotopic (exact) mass is 326 g/mol. The highest BCUT2D eigenvalue weighted by Crippen LogP contribution is 2.57. The van der Waals surface area contributed by atoms with E-state index in [9.17, 15) is 9.59 Å². The zero-order chi connectivity index (χ0) is 16.6. The van der Waals surface area contributed by atoms with E-state index in [1.807, 2.05) is 18.2 Å². The van der Waals surface area contributed by atoms with E-state index in [0.29, 0.717) is 11.8 Å². The number of hydrogen-bond donors (Lipinski definition) is 2. The summed E-state index contributed by atoms with van der Waals surface area (Å²) in [6, 6.07) is 10.00. The van der Waals surface area contributed by atoms with Crippen molar-refractivity contribution in [1.29, 1.82) is 0 Å². The molecule has 4 nitrogen and oxygen atoms in total. The van der Waals surface area contributed by atoms with Crippen LogP contribution in [-0.4, -0.2) is 24.4 Å². The smallest absolute Gasteiger partial charge is 0.242 e.